The van der Waals surface area contributed by atoms with Gasteiger partial charge in [-0.2, -0.15) is 5.26 Å². The number of thiophene rings is 1. The van der Waals surface area contributed by atoms with E-state index in [1.807, 2.05) is 18.4 Å². The monoisotopic (exact) mass is 207 g/mol. The highest BCUT2D eigenvalue weighted by molar-refractivity contribution is 7.12. The lowest BCUT2D eigenvalue weighted by molar-refractivity contribution is -0.0564. The first-order chi connectivity index (χ1) is 6.69. The van der Waals surface area contributed by atoms with Crippen LogP contribution in [0.5, 0.6) is 0 Å². The van der Waals surface area contributed by atoms with Gasteiger partial charge in [-0.25, -0.2) is 0 Å². The summed E-state index contributed by atoms with van der Waals surface area (Å²) >= 11 is 1.39. The van der Waals surface area contributed by atoms with E-state index in [4.69, 9.17) is 10.00 Å². The average Bonchev–Trinajstić information content (AvgIpc) is 2.50. The molecule has 14 heavy (non-hydrogen) atoms. The Labute approximate surface area is 85.9 Å². The third-order valence-corrected chi connectivity index (χ3v) is 3.43. The number of hydrogen-bond acceptors (Lipinski definition) is 4. The standard InChI is InChI=1S/C10H9NO2S/c1-7-2-3-14-8(7)9(12)10(4-11)5-13-6-10/h2-3H,5-6H2,1H3. The lowest BCUT2D eigenvalue weighted by Gasteiger charge is -2.33. The van der Waals surface area contributed by atoms with Crippen molar-refractivity contribution in [3.8, 4) is 6.07 Å². The fraction of sp³-hybridized carbons (Fsp3) is 0.400. The number of nitriles is 1. The van der Waals surface area contributed by atoms with Crippen LogP contribution in [0.4, 0.5) is 0 Å². The number of hydrogen-bond donors (Lipinski definition) is 0. The molecule has 0 unspecified atom stereocenters. The zero-order valence-corrected chi connectivity index (χ0v) is 8.56. The molecule has 0 radical (unpaired) electrons. The van der Waals surface area contributed by atoms with E-state index in [9.17, 15) is 4.79 Å². The quantitative estimate of drug-likeness (QED) is 0.694. The number of nitrogens with zero attached hydrogens (tertiary/aromatic N) is 1. The average molecular weight is 207 g/mol. The van der Waals surface area contributed by atoms with Gasteiger partial charge in [-0.15, -0.1) is 11.3 Å². The van der Waals surface area contributed by atoms with E-state index in [0.29, 0.717) is 4.88 Å². The van der Waals surface area contributed by atoms with Gasteiger partial charge >= 0.3 is 0 Å². The van der Waals surface area contributed by atoms with Crippen LogP contribution in [-0.4, -0.2) is 19.0 Å². The molecule has 4 heteroatoms. The van der Waals surface area contributed by atoms with Gasteiger partial charge in [-0.3, -0.25) is 4.79 Å². The molecule has 0 atom stereocenters. The van der Waals surface area contributed by atoms with Crippen molar-refractivity contribution in [1.82, 2.24) is 0 Å². The number of Topliss-reactive ketones (excluding diaryl/α,β-unsaturated/α-hetero) is 1. The lowest BCUT2D eigenvalue weighted by Crippen LogP contribution is -2.47. The molecule has 2 rings (SSSR count). The van der Waals surface area contributed by atoms with Gasteiger partial charge in [0.2, 0.25) is 0 Å². The lowest BCUT2D eigenvalue weighted by atomic mass is 9.82. The van der Waals surface area contributed by atoms with Crippen LogP contribution >= 0.6 is 11.3 Å². The number of ketones is 1. The maximum absolute atomic E-state index is 12.0. The zero-order chi connectivity index (χ0) is 10.2. The van der Waals surface area contributed by atoms with E-state index >= 15 is 0 Å². The van der Waals surface area contributed by atoms with Gasteiger partial charge in [0.15, 0.2) is 11.2 Å². The summed E-state index contributed by atoms with van der Waals surface area (Å²) in [5, 5.41) is 10.8. The van der Waals surface area contributed by atoms with Crippen LogP contribution in [0.25, 0.3) is 0 Å². The number of carbonyl (C=O) groups is 1. The highest BCUT2D eigenvalue weighted by Crippen LogP contribution is 2.33. The van der Waals surface area contributed by atoms with E-state index in [0.717, 1.165) is 5.56 Å². The van der Waals surface area contributed by atoms with E-state index < -0.39 is 5.41 Å². The third-order valence-electron chi connectivity index (χ3n) is 2.41. The van der Waals surface area contributed by atoms with Crippen molar-refractivity contribution in [1.29, 1.82) is 5.26 Å². The van der Waals surface area contributed by atoms with Crippen LogP contribution in [-0.2, 0) is 4.74 Å². The van der Waals surface area contributed by atoms with Crippen LogP contribution in [0.3, 0.4) is 0 Å². The normalized spacial score (nSPS) is 18.3. The number of aryl methyl sites for hydroxylation is 1. The van der Waals surface area contributed by atoms with Gasteiger partial charge in [0.25, 0.3) is 0 Å². The summed E-state index contributed by atoms with van der Waals surface area (Å²) in [7, 11) is 0. The Morgan fingerprint density at radius 3 is 2.79 bits per heavy atom. The summed E-state index contributed by atoms with van der Waals surface area (Å²) < 4.78 is 4.95. The van der Waals surface area contributed by atoms with Crippen molar-refractivity contribution < 1.29 is 9.53 Å². The molecule has 1 aromatic rings. The molecule has 1 fully saturated rings. The fourth-order valence-corrected chi connectivity index (χ4v) is 2.34. The van der Waals surface area contributed by atoms with E-state index in [1.165, 1.54) is 11.3 Å². The third kappa shape index (κ3) is 1.17. The number of carbonyl (C=O) groups excluding carboxylic acids is 1. The Balaban J connectivity index is 2.33. The first kappa shape index (κ1) is 9.38. The van der Waals surface area contributed by atoms with Crippen LogP contribution in [0.1, 0.15) is 15.2 Å². The highest BCUT2D eigenvalue weighted by atomic mass is 32.1. The smallest absolute Gasteiger partial charge is 0.197 e. The Hall–Kier alpha value is -1.18. The van der Waals surface area contributed by atoms with E-state index in [1.54, 1.807) is 0 Å². The molecule has 0 aromatic carbocycles. The minimum atomic E-state index is -0.907. The van der Waals surface area contributed by atoms with Gasteiger partial charge in [-0.1, -0.05) is 0 Å². The summed E-state index contributed by atoms with van der Waals surface area (Å²) in [5.74, 6) is -0.0845. The first-order valence-corrected chi connectivity index (χ1v) is 5.15. The molecule has 3 nitrogen and oxygen atoms in total. The van der Waals surface area contributed by atoms with Gasteiger partial charge in [0.05, 0.1) is 24.2 Å². The van der Waals surface area contributed by atoms with Crippen LogP contribution in [0.2, 0.25) is 0 Å². The Bertz CT molecular complexity index is 412. The fourth-order valence-electron chi connectivity index (χ4n) is 1.38. The van der Waals surface area contributed by atoms with Crippen LogP contribution in [0.15, 0.2) is 11.4 Å². The molecule has 0 bridgehead atoms. The predicted octanol–water partition coefficient (Wildman–Crippen LogP) is 1.78. The van der Waals surface area contributed by atoms with Crippen molar-refractivity contribution >= 4 is 17.1 Å². The Morgan fingerprint density at radius 2 is 2.43 bits per heavy atom. The second-order valence-electron chi connectivity index (χ2n) is 3.45. The predicted molar refractivity (Wildman–Crippen MR) is 52.3 cm³/mol. The van der Waals surface area contributed by atoms with Crippen LogP contribution in [0, 0.1) is 23.7 Å². The molecule has 1 saturated heterocycles. The number of ether oxygens (including phenoxy) is 1. The summed E-state index contributed by atoms with van der Waals surface area (Å²) in [6.07, 6.45) is 0. The topological polar surface area (TPSA) is 50.1 Å². The molecule has 1 aliphatic rings. The van der Waals surface area contributed by atoms with Crippen molar-refractivity contribution in [2.45, 2.75) is 6.92 Å². The SMILES string of the molecule is Cc1ccsc1C(=O)C1(C#N)COC1. The first-order valence-electron chi connectivity index (χ1n) is 4.27. The molecule has 1 aliphatic heterocycles. The molecule has 72 valence electrons. The minimum Gasteiger partial charge on any atom is -0.377 e. The van der Waals surface area contributed by atoms with Crippen molar-refractivity contribution in [2.75, 3.05) is 13.2 Å². The minimum absolute atomic E-state index is 0.0845. The molecule has 0 saturated carbocycles. The van der Waals surface area contributed by atoms with Crippen LogP contribution < -0.4 is 0 Å². The van der Waals surface area contributed by atoms with Gasteiger partial charge in [-0.05, 0) is 23.9 Å². The van der Waals surface area contributed by atoms with Crippen molar-refractivity contribution in [3.05, 3.63) is 21.9 Å². The summed E-state index contributed by atoms with van der Waals surface area (Å²) in [4.78, 5) is 12.7. The second-order valence-corrected chi connectivity index (χ2v) is 4.36. The zero-order valence-electron chi connectivity index (χ0n) is 7.74. The van der Waals surface area contributed by atoms with E-state index in [2.05, 4.69) is 6.07 Å². The molecular formula is C10H9NO2S. The molecule has 0 N–H and O–H groups in total. The molecular weight excluding hydrogens is 198 g/mol. The van der Waals surface area contributed by atoms with E-state index in [-0.39, 0.29) is 19.0 Å². The van der Waals surface area contributed by atoms with Gasteiger partial charge in [0.1, 0.15) is 0 Å². The summed E-state index contributed by atoms with van der Waals surface area (Å²) in [5.41, 5.74) is 0.0387. The molecule has 0 aliphatic carbocycles. The summed E-state index contributed by atoms with van der Waals surface area (Å²) in [6.45, 7) is 2.35. The van der Waals surface area contributed by atoms with Crippen molar-refractivity contribution in [2.24, 2.45) is 5.41 Å². The molecule has 0 amide bonds. The molecule has 1 aromatic heterocycles. The van der Waals surface area contributed by atoms with Crippen molar-refractivity contribution in [3.63, 3.8) is 0 Å². The van der Waals surface area contributed by atoms with Gasteiger partial charge in [0, 0.05) is 0 Å². The largest absolute Gasteiger partial charge is 0.377 e. The maximum atomic E-state index is 12.0. The molecule has 2 heterocycles. The Kier molecular flexibility index (Phi) is 2.14. The number of rotatable bonds is 2. The maximum Gasteiger partial charge on any atom is 0.197 e. The Morgan fingerprint density at radius 1 is 1.71 bits per heavy atom. The molecule has 0 spiro atoms. The van der Waals surface area contributed by atoms with Gasteiger partial charge < -0.3 is 4.74 Å². The summed E-state index contributed by atoms with van der Waals surface area (Å²) in [6, 6.07) is 3.95. The highest BCUT2D eigenvalue weighted by Gasteiger charge is 2.47. The second kappa shape index (κ2) is 3.19.